The topological polar surface area (TPSA) is 14.8 Å². The highest BCUT2D eigenvalue weighted by atomic mass is 15.0. The molecular formula is C48H33N3. The molecule has 0 saturated heterocycles. The van der Waals surface area contributed by atoms with Gasteiger partial charge in [0.2, 0.25) is 0 Å². The molecule has 10 rings (SSSR count). The zero-order chi connectivity index (χ0) is 33.7. The smallest absolute Gasteiger partial charge is 0.0528 e. The number of hydrogen-bond donors (Lipinski definition) is 0. The van der Waals surface area contributed by atoms with Crippen LogP contribution in [0.1, 0.15) is 0 Å². The van der Waals surface area contributed by atoms with Crippen LogP contribution in [0.25, 0.3) is 83.2 Å². The molecular weight excluding hydrogens is 619 g/mol. The molecule has 0 N–H and O–H groups in total. The Bertz CT molecular complexity index is 2550. The van der Waals surface area contributed by atoms with E-state index in [0.717, 1.165) is 34.1 Å². The van der Waals surface area contributed by atoms with E-state index in [1.165, 1.54) is 49.0 Å². The Morgan fingerprint density at radius 2 is 0.529 bits per heavy atom. The Morgan fingerprint density at radius 3 is 0.843 bits per heavy atom. The largest absolute Gasteiger partial charge is 0.316 e. The molecule has 0 unspecified atom stereocenters. The first kappa shape index (κ1) is 29.1. The Hall–Kier alpha value is -6.84. The van der Waals surface area contributed by atoms with Crippen molar-refractivity contribution in [2.45, 2.75) is 0 Å². The molecule has 0 saturated carbocycles. The number of nitrogens with zero attached hydrogens (tertiary/aromatic N) is 3. The van der Waals surface area contributed by atoms with Crippen molar-refractivity contribution in [2.75, 3.05) is 0 Å². The van der Waals surface area contributed by atoms with Crippen LogP contribution in [0.3, 0.4) is 0 Å². The highest BCUT2D eigenvalue weighted by molar-refractivity contribution is 5.89. The highest BCUT2D eigenvalue weighted by Crippen LogP contribution is 2.34. The van der Waals surface area contributed by atoms with Crippen LogP contribution in [0, 0.1) is 0 Å². The van der Waals surface area contributed by atoms with E-state index in [2.05, 4.69) is 214 Å². The van der Waals surface area contributed by atoms with E-state index < -0.39 is 0 Å². The number of rotatable bonds is 6. The summed E-state index contributed by atoms with van der Waals surface area (Å²) in [6.07, 6.45) is 6.52. The molecule has 7 aromatic carbocycles. The summed E-state index contributed by atoms with van der Waals surface area (Å²) in [6.45, 7) is 0. The van der Waals surface area contributed by atoms with Gasteiger partial charge >= 0.3 is 0 Å². The van der Waals surface area contributed by atoms with Crippen LogP contribution in [0.2, 0.25) is 0 Å². The maximum absolute atomic E-state index is 2.31. The third-order valence-electron chi connectivity index (χ3n) is 10.1. The standard InChI is InChI=1S/C48H33N3/c1-4-13-37-28-40(22-19-34(37)10-1)46-16-7-25-49(46)43-31-44(50-26-8-17-47(50)41-23-20-35-11-2-5-14-38(35)29-41)33-45(32-43)51-27-9-18-48(51)42-24-21-36-12-3-6-15-39(36)30-42/h1-33H. The van der Waals surface area contributed by atoms with Gasteiger partial charge in [0.05, 0.1) is 17.1 Å². The molecule has 240 valence electrons. The van der Waals surface area contributed by atoms with Gasteiger partial charge in [0, 0.05) is 35.7 Å². The maximum Gasteiger partial charge on any atom is 0.0528 e. The molecule has 0 aliphatic carbocycles. The molecule has 0 radical (unpaired) electrons. The van der Waals surface area contributed by atoms with E-state index in [4.69, 9.17) is 0 Å². The van der Waals surface area contributed by atoms with Crippen LogP contribution in [0.5, 0.6) is 0 Å². The molecule has 0 amide bonds. The summed E-state index contributed by atoms with van der Waals surface area (Å²) >= 11 is 0. The fraction of sp³-hybridized carbons (Fsp3) is 0. The molecule has 3 nitrogen and oxygen atoms in total. The molecule has 0 spiro atoms. The van der Waals surface area contributed by atoms with Gasteiger partial charge in [-0.1, -0.05) is 109 Å². The van der Waals surface area contributed by atoms with Crippen LogP contribution in [-0.4, -0.2) is 13.7 Å². The third kappa shape index (κ3) is 5.15. The van der Waals surface area contributed by atoms with Crippen molar-refractivity contribution in [3.8, 4) is 50.8 Å². The van der Waals surface area contributed by atoms with Crippen LogP contribution in [-0.2, 0) is 0 Å². The van der Waals surface area contributed by atoms with Gasteiger partial charge in [0.1, 0.15) is 0 Å². The van der Waals surface area contributed by atoms with E-state index in [9.17, 15) is 0 Å². The summed E-state index contributed by atoms with van der Waals surface area (Å²) in [4.78, 5) is 0. The first-order valence-corrected chi connectivity index (χ1v) is 17.4. The van der Waals surface area contributed by atoms with Crippen LogP contribution in [0.4, 0.5) is 0 Å². The summed E-state index contributed by atoms with van der Waals surface area (Å²) in [5.74, 6) is 0. The summed E-state index contributed by atoms with van der Waals surface area (Å²) in [5, 5.41) is 7.43. The van der Waals surface area contributed by atoms with Gasteiger partial charge in [0.15, 0.2) is 0 Å². The monoisotopic (exact) mass is 651 g/mol. The second-order valence-corrected chi connectivity index (χ2v) is 13.2. The summed E-state index contributed by atoms with van der Waals surface area (Å²) in [7, 11) is 0. The minimum atomic E-state index is 1.09. The quantitative estimate of drug-likeness (QED) is 0.170. The number of benzene rings is 7. The van der Waals surface area contributed by atoms with Crippen LogP contribution < -0.4 is 0 Å². The summed E-state index contributed by atoms with van der Waals surface area (Å²) < 4.78 is 6.94. The van der Waals surface area contributed by atoms with Gasteiger partial charge in [-0.2, -0.15) is 0 Å². The molecule has 0 aliphatic rings. The lowest BCUT2D eigenvalue weighted by Gasteiger charge is -2.18. The maximum atomic E-state index is 2.31. The number of fused-ring (bicyclic) bond motifs is 3. The van der Waals surface area contributed by atoms with Gasteiger partial charge in [0.25, 0.3) is 0 Å². The fourth-order valence-electron chi connectivity index (χ4n) is 7.57. The van der Waals surface area contributed by atoms with Crippen molar-refractivity contribution < 1.29 is 0 Å². The van der Waals surface area contributed by atoms with Crippen molar-refractivity contribution in [3.63, 3.8) is 0 Å². The molecule has 0 aliphatic heterocycles. The summed E-state index contributed by atoms with van der Waals surface area (Å²) in [5.41, 5.74) is 10.3. The van der Waals surface area contributed by atoms with Crippen molar-refractivity contribution in [1.82, 2.24) is 13.7 Å². The van der Waals surface area contributed by atoms with E-state index in [1.807, 2.05) is 0 Å². The third-order valence-corrected chi connectivity index (χ3v) is 10.1. The average Bonchev–Trinajstić information content (AvgIpc) is 3.99. The van der Waals surface area contributed by atoms with Gasteiger partial charge in [-0.05, 0) is 122 Å². The zero-order valence-corrected chi connectivity index (χ0v) is 27.9. The minimum Gasteiger partial charge on any atom is -0.316 e. The van der Waals surface area contributed by atoms with Gasteiger partial charge in [-0.3, -0.25) is 0 Å². The van der Waals surface area contributed by atoms with Gasteiger partial charge in [-0.25, -0.2) is 0 Å². The van der Waals surface area contributed by atoms with Crippen molar-refractivity contribution in [1.29, 1.82) is 0 Å². The normalized spacial score (nSPS) is 11.5. The van der Waals surface area contributed by atoms with E-state index >= 15 is 0 Å². The van der Waals surface area contributed by atoms with Crippen molar-refractivity contribution in [2.24, 2.45) is 0 Å². The summed E-state index contributed by atoms with van der Waals surface area (Å²) in [6, 6.07) is 65.9. The predicted molar refractivity (Wildman–Crippen MR) is 213 cm³/mol. The molecule has 51 heavy (non-hydrogen) atoms. The lowest BCUT2D eigenvalue weighted by atomic mass is 10.0. The molecule has 0 atom stereocenters. The first-order valence-electron chi connectivity index (χ1n) is 17.4. The molecule has 10 aromatic rings. The Labute approximate surface area is 296 Å². The fourth-order valence-corrected chi connectivity index (χ4v) is 7.57. The van der Waals surface area contributed by atoms with Gasteiger partial charge < -0.3 is 13.7 Å². The second-order valence-electron chi connectivity index (χ2n) is 13.2. The Morgan fingerprint density at radius 1 is 0.235 bits per heavy atom. The van der Waals surface area contributed by atoms with Crippen LogP contribution in [0.15, 0.2) is 201 Å². The first-order chi connectivity index (χ1) is 25.2. The van der Waals surface area contributed by atoms with Crippen molar-refractivity contribution in [3.05, 3.63) is 201 Å². The SMILES string of the molecule is c1ccc2cc(-c3cccn3-c3cc(-n4cccc4-c4ccc5ccccc5c4)cc(-n4cccc4-c4ccc5ccccc5c4)c3)ccc2c1. The molecule has 3 heterocycles. The van der Waals surface area contributed by atoms with Crippen molar-refractivity contribution >= 4 is 32.3 Å². The van der Waals surface area contributed by atoms with E-state index in [-0.39, 0.29) is 0 Å². The van der Waals surface area contributed by atoms with Crippen LogP contribution >= 0.6 is 0 Å². The second kappa shape index (κ2) is 11.9. The Balaban J connectivity index is 1.16. The zero-order valence-electron chi connectivity index (χ0n) is 27.9. The molecule has 0 bridgehead atoms. The lowest BCUT2D eigenvalue weighted by Crippen LogP contribution is -2.04. The van der Waals surface area contributed by atoms with E-state index in [1.54, 1.807) is 0 Å². The average molecular weight is 652 g/mol. The Kier molecular flexibility index (Phi) is 6.81. The number of hydrogen-bond acceptors (Lipinski definition) is 0. The molecule has 0 fully saturated rings. The van der Waals surface area contributed by atoms with E-state index in [0.29, 0.717) is 0 Å². The lowest BCUT2D eigenvalue weighted by molar-refractivity contribution is 1.02. The minimum absolute atomic E-state index is 1.09. The molecule has 3 aromatic heterocycles. The highest BCUT2D eigenvalue weighted by Gasteiger charge is 2.15. The number of aromatic nitrogens is 3. The predicted octanol–water partition coefficient (Wildman–Crippen LogP) is 12.5. The molecule has 3 heteroatoms. The van der Waals surface area contributed by atoms with Gasteiger partial charge in [-0.15, -0.1) is 0 Å².